The summed E-state index contributed by atoms with van der Waals surface area (Å²) in [5.74, 6) is 0. The first-order chi connectivity index (χ1) is 18.2. The molecule has 3 heterocycles. The fourth-order valence-corrected chi connectivity index (χ4v) is 6.12. The fraction of sp³-hybridized carbons (Fsp3) is 0.533. The summed E-state index contributed by atoms with van der Waals surface area (Å²) in [5.41, 5.74) is 4.40. The predicted molar refractivity (Wildman–Crippen MR) is 159 cm³/mol. The summed E-state index contributed by atoms with van der Waals surface area (Å²) in [5, 5.41) is 5.99. The first-order valence-electron chi connectivity index (χ1n) is 13.7. The molecule has 0 saturated carbocycles. The van der Waals surface area contributed by atoms with Gasteiger partial charge in [0.15, 0.2) is 6.23 Å². The van der Waals surface area contributed by atoms with Crippen LogP contribution < -0.4 is 0 Å². The zero-order chi connectivity index (χ0) is 26.9. The van der Waals surface area contributed by atoms with Crippen LogP contribution in [0.3, 0.4) is 0 Å². The van der Waals surface area contributed by atoms with Crippen LogP contribution in [-0.4, -0.2) is 64.1 Å². The summed E-state index contributed by atoms with van der Waals surface area (Å²) in [7, 11) is 2.19. The van der Waals surface area contributed by atoms with Gasteiger partial charge >= 0.3 is 6.09 Å². The van der Waals surface area contributed by atoms with E-state index < -0.39 is 5.60 Å². The molecule has 0 aliphatic carbocycles. The van der Waals surface area contributed by atoms with E-state index in [4.69, 9.17) is 14.6 Å². The number of piperidine rings is 1. The van der Waals surface area contributed by atoms with Crippen molar-refractivity contribution in [3.63, 3.8) is 0 Å². The van der Waals surface area contributed by atoms with Gasteiger partial charge in [-0.05, 0) is 111 Å². The number of carbonyl (C=O) groups is 1. The van der Waals surface area contributed by atoms with Crippen molar-refractivity contribution in [2.75, 3.05) is 26.7 Å². The molecule has 5 rings (SSSR count). The molecule has 2 aliphatic heterocycles. The van der Waals surface area contributed by atoms with Gasteiger partial charge in [0, 0.05) is 37.7 Å². The molecule has 2 aliphatic rings. The highest BCUT2D eigenvalue weighted by Crippen LogP contribution is 2.32. The minimum atomic E-state index is -0.451. The van der Waals surface area contributed by atoms with E-state index in [2.05, 4.69) is 81.7 Å². The molecule has 2 fully saturated rings. The number of fused-ring (bicyclic) bond motifs is 1. The lowest BCUT2D eigenvalue weighted by atomic mass is 10.0. The third-order valence-corrected chi connectivity index (χ3v) is 8.35. The molecule has 0 radical (unpaired) electrons. The Morgan fingerprint density at radius 2 is 1.79 bits per heavy atom. The second-order valence-corrected chi connectivity index (χ2v) is 12.6. The first-order valence-corrected chi connectivity index (χ1v) is 14.8. The smallest absolute Gasteiger partial charge is 0.410 e. The molecule has 0 bridgehead atoms. The van der Waals surface area contributed by atoms with Crippen LogP contribution in [0, 0.1) is 3.70 Å². The Morgan fingerprint density at radius 1 is 1.08 bits per heavy atom. The van der Waals surface area contributed by atoms with Crippen LogP contribution in [0.5, 0.6) is 0 Å². The molecule has 3 aromatic rings. The van der Waals surface area contributed by atoms with Gasteiger partial charge in [0.05, 0.1) is 5.52 Å². The summed E-state index contributed by atoms with van der Waals surface area (Å²) < 4.78 is 14.6. The molecule has 1 aromatic heterocycles. The van der Waals surface area contributed by atoms with E-state index in [0.717, 1.165) is 61.1 Å². The van der Waals surface area contributed by atoms with E-state index in [-0.39, 0.29) is 12.3 Å². The van der Waals surface area contributed by atoms with E-state index in [1.54, 1.807) is 0 Å². The van der Waals surface area contributed by atoms with Crippen LogP contribution in [0.4, 0.5) is 4.79 Å². The van der Waals surface area contributed by atoms with E-state index in [1.165, 1.54) is 28.5 Å². The normalized spacial score (nSPS) is 19.3. The average molecular weight is 631 g/mol. The van der Waals surface area contributed by atoms with Gasteiger partial charge in [0.1, 0.15) is 9.30 Å². The first kappa shape index (κ1) is 27.4. The number of halogens is 1. The zero-order valence-electron chi connectivity index (χ0n) is 23.0. The molecule has 2 aromatic carbocycles. The summed E-state index contributed by atoms with van der Waals surface area (Å²) in [6, 6.07) is 16.0. The molecule has 8 heteroatoms. The predicted octanol–water partition coefficient (Wildman–Crippen LogP) is 6.84. The third-order valence-electron chi connectivity index (χ3n) is 7.55. The van der Waals surface area contributed by atoms with Crippen LogP contribution in [-0.2, 0) is 16.0 Å². The minimum Gasteiger partial charge on any atom is -0.444 e. The second-order valence-electron chi connectivity index (χ2n) is 11.6. The lowest BCUT2D eigenvalue weighted by molar-refractivity contribution is -0.0368. The molecule has 2 saturated heterocycles. The van der Waals surface area contributed by atoms with Gasteiger partial charge in [-0.3, -0.25) is 4.90 Å². The highest BCUT2D eigenvalue weighted by molar-refractivity contribution is 14.1. The Labute approximate surface area is 239 Å². The van der Waals surface area contributed by atoms with Crippen LogP contribution in [0.2, 0.25) is 0 Å². The molecule has 0 N–H and O–H groups in total. The van der Waals surface area contributed by atoms with E-state index in [9.17, 15) is 4.79 Å². The number of benzene rings is 2. The SMILES string of the molecule is CN(Cc1ccc(-c2ccc3c(c2)c(I)nn3C2CCCCO2)cc1)C1CCN(C(=O)OC(C)(C)C)CC1. The topological polar surface area (TPSA) is 59.8 Å². The number of nitrogens with zero attached hydrogens (tertiary/aromatic N) is 4. The number of likely N-dealkylation sites (tertiary alicyclic amines) is 1. The van der Waals surface area contributed by atoms with Crippen molar-refractivity contribution in [3.8, 4) is 11.1 Å². The maximum absolute atomic E-state index is 12.4. The summed E-state index contributed by atoms with van der Waals surface area (Å²) in [6.45, 7) is 8.93. The number of carbonyl (C=O) groups excluding carboxylic acids is 1. The van der Waals surface area contributed by atoms with Crippen molar-refractivity contribution in [2.45, 2.75) is 77.3 Å². The van der Waals surface area contributed by atoms with E-state index in [0.29, 0.717) is 6.04 Å². The van der Waals surface area contributed by atoms with Crippen LogP contribution in [0.15, 0.2) is 42.5 Å². The Balaban J connectivity index is 1.20. The largest absolute Gasteiger partial charge is 0.444 e. The number of aromatic nitrogens is 2. The molecule has 204 valence electrons. The van der Waals surface area contributed by atoms with Gasteiger partial charge in [-0.1, -0.05) is 30.3 Å². The Hall–Kier alpha value is -2.17. The van der Waals surface area contributed by atoms with Crippen LogP contribution >= 0.6 is 22.6 Å². The van der Waals surface area contributed by atoms with E-state index >= 15 is 0 Å². The van der Waals surface area contributed by atoms with Gasteiger partial charge < -0.3 is 14.4 Å². The fourth-order valence-electron chi connectivity index (χ4n) is 5.45. The molecule has 1 amide bonds. The summed E-state index contributed by atoms with van der Waals surface area (Å²) >= 11 is 2.34. The van der Waals surface area contributed by atoms with E-state index in [1.807, 2.05) is 25.7 Å². The minimum absolute atomic E-state index is 0.0430. The molecular formula is C30H39IN4O3. The van der Waals surface area contributed by atoms with Crippen molar-refractivity contribution in [1.29, 1.82) is 0 Å². The van der Waals surface area contributed by atoms with Gasteiger partial charge in [-0.2, -0.15) is 5.10 Å². The number of amides is 1. The van der Waals surface area contributed by atoms with Crippen molar-refractivity contribution in [1.82, 2.24) is 19.6 Å². The van der Waals surface area contributed by atoms with Crippen LogP contribution in [0.1, 0.15) is 64.7 Å². The Bertz CT molecular complexity index is 1250. The summed E-state index contributed by atoms with van der Waals surface area (Å²) in [6.07, 6.45) is 5.12. The van der Waals surface area contributed by atoms with Gasteiger partial charge in [-0.15, -0.1) is 0 Å². The maximum atomic E-state index is 12.4. The Morgan fingerprint density at radius 3 is 2.45 bits per heavy atom. The third kappa shape index (κ3) is 6.34. The summed E-state index contributed by atoms with van der Waals surface area (Å²) in [4.78, 5) is 16.6. The standard InChI is InChI=1S/C30H39IN4O3/c1-30(2,3)38-29(36)34-16-14-24(15-17-34)33(4)20-21-8-10-22(11-9-21)23-12-13-26-25(19-23)28(31)32-35(26)27-7-5-6-18-37-27/h8-13,19,24,27H,5-7,14-18,20H2,1-4H3. The van der Waals surface area contributed by atoms with Crippen molar-refractivity contribution in [2.24, 2.45) is 0 Å². The maximum Gasteiger partial charge on any atom is 0.410 e. The number of hydrogen-bond donors (Lipinski definition) is 0. The molecule has 0 spiro atoms. The lowest BCUT2D eigenvalue weighted by Crippen LogP contribution is -2.46. The van der Waals surface area contributed by atoms with Crippen molar-refractivity contribution < 1.29 is 14.3 Å². The molecule has 38 heavy (non-hydrogen) atoms. The molecule has 1 atom stereocenters. The number of ether oxygens (including phenoxy) is 2. The number of rotatable bonds is 5. The van der Waals surface area contributed by atoms with Gasteiger partial charge in [-0.25, -0.2) is 9.48 Å². The Kier molecular flexibility index (Phi) is 8.30. The van der Waals surface area contributed by atoms with Gasteiger partial charge in [0.2, 0.25) is 0 Å². The zero-order valence-corrected chi connectivity index (χ0v) is 25.1. The second kappa shape index (κ2) is 11.5. The molecule has 1 unspecified atom stereocenters. The van der Waals surface area contributed by atoms with Crippen molar-refractivity contribution >= 4 is 39.6 Å². The van der Waals surface area contributed by atoms with Gasteiger partial charge in [0.25, 0.3) is 0 Å². The molecule has 7 nitrogen and oxygen atoms in total. The van der Waals surface area contributed by atoms with Crippen LogP contribution in [0.25, 0.3) is 22.0 Å². The number of hydrogen-bond acceptors (Lipinski definition) is 5. The molecular weight excluding hydrogens is 591 g/mol. The average Bonchev–Trinajstić information content (AvgIpc) is 3.24. The highest BCUT2D eigenvalue weighted by atomic mass is 127. The monoisotopic (exact) mass is 630 g/mol. The van der Waals surface area contributed by atoms with Crippen molar-refractivity contribution in [3.05, 3.63) is 51.7 Å². The quantitative estimate of drug-likeness (QED) is 0.289. The lowest BCUT2D eigenvalue weighted by Gasteiger charge is -2.37. The highest BCUT2D eigenvalue weighted by Gasteiger charge is 2.28.